The average molecular weight is 263 g/mol. The quantitative estimate of drug-likeness (QED) is 0.780. The van der Waals surface area contributed by atoms with Gasteiger partial charge in [0.25, 0.3) is 0 Å². The Bertz CT molecular complexity index is 425. The SMILES string of the molecule is C[C@@H]1CC(c2ccccc2)=NO[C@@H]1O[Si](C)(C)C. The van der Waals surface area contributed by atoms with E-state index in [4.69, 9.17) is 9.26 Å². The zero-order valence-corrected chi connectivity index (χ0v) is 12.5. The topological polar surface area (TPSA) is 30.8 Å². The molecule has 0 saturated carbocycles. The first kappa shape index (κ1) is 13.3. The van der Waals surface area contributed by atoms with Crippen LogP contribution in [0.1, 0.15) is 18.9 Å². The summed E-state index contributed by atoms with van der Waals surface area (Å²) in [4.78, 5) is 5.53. The van der Waals surface area contributed by atoms with Crippen molar-refractivity contribution in [2.45, 2.75) is 39.3 Å². The summed E-state index contributed by atoms with van der Waals surface area (Å²) >= 11 is 0. The summed E-state index contributed by atoms with van der Waals surface area (Å²) < 4.78 is 5.98. The third kappa shape index (κ3) is 3.43. The van der Waals surface area contributed by atoms with E-state index in [1.807, 2.05) is 18.2 Å². The Morgan fingerprint density at radius 1 is 1.22 bits per heavy atom. The number of nitrogens with zero attached hydrogens (tertiary/aromatic N) is 1. The molecule has 0 fully saturated rings. The van der Waals surface area contributed by atoms with Gasteiger partial charge in [-0.25, -0.2) is 0 Å². The highest BCUT2D eigenvalue weighted by Crippen LogP contribution is 2.25. The highest BCUT2D eigenvalue weighted by molar-refractivity contribution is 6.69. The zero-order chi connectivity index (χ0) is 13.2. The number of oxime groups is 1. The molecule has 1 aliphatic rings. The standard InChI is InChI=1S/C14H21NO2Si/c1-11-10-13(12-8-6-5-7-9-12)15-16-14(11)17-18(2,3)4/h5-9,11,14H,10H2,1-4H3/t11-,14-/m1/s1. The maximum Gasteiger partial charge on any atom is 0.220 e. The van der Waals surface area contributed by atoms with Crippen LogP contribution in [-0.4, -0.2) is 20.3 Å². The van der Waals surface area contributed by atoms with E-state index in [2.05, 4.69) is 43.9 Å². The van der Waals surface area contributed by atoms with Crippen molar-refractivity contribution >= 4 is 14.0 Å². The fourth-order valence-corrected chi connectivity index (χ4v) is 2.92. The van der Waals surface area contributed by atoms with Crippen molar-refractivity contribution < 1.29 is 9.26 Å². The van der Waals surface area contributed by atoms with Gasteiger partial charge in [0.15, 0.2) is 8.32 Å². The Balaban J connectivity index is 2.08. The third-order valence-electron chi connectivity index (χ3n) is 2.82. The molecule has 98 valence electrons. The predicted molar refractivity (Wildman–Crippen MR) is 76.1 cm³/mol. The van der Waals surface area contributed by atoms with E-state index in [0.717, 1.165) is 17.7 Å². The van der Waals surface area contributed by atoms with Gasteiger partial charge in [0.05, 0.1) is 5.71 Å². The molecule has 0 N–H and O–H groups in total. The van der Waals surface area contributed by atoms with E-state index < -0.39 is 8.32 Å². The van der Waals surface area contributed by atoms with Crippen LogP contribution in [0.25, 0.3) is 0 Å². The summed E-state index contributed by atoms with van der Waals surface area (Å²) in [7, 11) is -1.58. The average Bonchev–Trinajstić information content (AvgIpc) is 2.31. The Morgan fingerprint density at radius 3 is 2.44 bits per heavy atom. The zero-order valence-electron chi connectivity index (χ0n) is 11.5. The van der Waals surface area contributed by atoms with Crippen LogP contribution in [-0.2, 0) is 9.26 Å². The van der Waals surface area contributed by atoms with Gasteiger partial charge in [-0.2, -0.15) is 0 Å². The van der Waals surface area contributed by atoms with E-state index in [1.165, 1.54) is 0 Å². The van der Waals surface area contributed by atoms with Gasteiger partial charge in [0.1, 0.15) is 0 Å². The molecule has 1 aromatic carbocycles. The first-order valence-electron chi connectivity index (χ1n) is 6.41. The van der Waals surface area contributed by atoms with Crippen molar-refractivity contribution in [2.24, 2.45) is 11.1 Å². The molecule has 0 saturated heterocycles. The van der Waals surface area contributed by atoms with Crippen LogP contribution in [0, 0.1) is 5.92 Å². The highest BCUT2D eigenvalue weighted by atomic mass is 28.4. The monoisotopic (exact) mass is 263 g/mol. The molecule has 0 aliphatic carbocycles. The van der Waals surface area contributed by atoms with Gasteiger partial charge in [0.2, 0.25) is 6.29 Å². The van der Waals surface area contributed by atoms with Gasteiger partial charge in [0, 0.05) is 12.3 Å². The van der Waals surface area contributed by atoms with Crippen molar-refractivity contribution in [1.82, 2.24) is 0 Å². The lowest BCUT2D eigenvalue weighted by Gasteiger charge is -2.32. The van der Waals surface area contributed by atoms with E-state index in [9.17, 15) is 0 Å². The van der Waals surface area contributed by atoms with Crippen molar-refractivity contribution in [3.05, 3.63) is 35.9 Å². The molecule has 1 aliphatic heterocycles. The van der Waals surface area contributed by atoms with Crippen LogP contribution >= 0.6 is 0 Å². The fourth-order valence-electron chi connectivity index (χ4n) is 1.95. The summed E-state index contributed by atoms with van der Waals surface area (Å²) in [6.45, 7) is 8.65. The summed E-state index contributed by atoms with van der Waals surface area (Å²) in [6.07, 6.45) is 0.711. The van der Waals surface area contributed by atoms with E-state index in [0.29, 0.717) is 5.92 Å². The molecule has 2 atom stereocenters. The van der Waals surface area contributed by atoms with Crippen LogP contribution in [0.5, 0.6) is 0 Å². The minimum Gasteiger partial charge on any atom is -0.382 e. The minimum absolute atomic E-state index is 0.191. The van der Waals surface area contributed by atoms with E-state index >= 15 is 0 Å². The molecule has 3 nitrogen and oxygen atoms in total. The molecule has 0 amide bonds. The normalized spacial score (nSPS) is 24.3. The summed E-state index contributed by atoms with van der Waals surface area (Å²) in [5, 5.41) is 4.23. The van der Waals surface area contributed by atoms with Gasteiger partial charge >= 0.3 is 0 Å². The van der Waals surface area contributed by atoms with Crippen molar-refractivity contribution in [1.29, 1.82) is 0 Å². The van der Waals surface area contributed by atoms with Crippen LogP contribution in [0.3, 0.4) is 0 Å². The van der Waals surface area contributed by atoms with Gasteiger partial charge in [-0.05, 0) is 25.2 Å². The van der Waals surface area contributed by atoms with Crippen molar-refractivity contribution in [3.8, 4) is 0 Å². The summed E-state index contributed by atoms with van der Waals surface area (Å²) in [6, 6.07) is 10.2. The van der Waals surface area contributed by atoms with Crippen LogP contribution in [0.2, 0.25) is 19.6 Å². The first-order valence-corrected chi connectivity index (χ1v) is 9.82. The Kier molecular flexibility index (Phi) is 3.87. The predicted octanol–water partition coefficient (Wildman–Crippen LogP) is 3.62. The molecule has 0 bridgehead atoms. The smallest absolute Gasteiger partial charge is 0.220 e. The number of hydrogen-bond acceptors (Lipinski definition) is 3. The molecular formula is C14H21NO2Si. The Hall–Kier alpha value is -1.13. The lowest BCUT2D eigenvalue weighted by molar-refractivity contribution is -0.123. The first-order chi connectivity index (χ1) is 8.46. The second-order valence-corrected chi connectivity index (χ2v) is 10.2. The number of hydrogen-bond donors (Lipinski definition) is 0. The maximum atomic E-state index is 5.98. The largest absolute Gasteiger partial charge is 0.382 e. The molecule has 2 rings (SSSR count). The molecule has 0 unspecified atom stereocenters. The molecular weight excluding hydrogens is 242 g/mol. The lowest BCUT2D eigenvalue weighted by atomic mass is 9.98. The third-order valence-corrected chi connectivity index (χ3v) is 3.76. The molecule has 0 aromatic heterocycles. The van der Waals surface area contributed by atoms with Gasteiger partial charge in [-0.3, -0.25) is 0 Å². The van der Waals surface area contributed by atoms with Gasteiger partial charge < -0.3 is 9.26 Å². The number of rotatable bonds is 3. The highest BCUT2D eigenvalue weighted by Gasteiger charge is 2.31. The van der Waals surface area contributed by atoms with Crippen LogP contribution in [0.15, 0.2) is 35.5 Å². The molecule has 0 spiro atoms. The molecule has 4 heteroatoms. The fraction of sp³-hybridized carbons (Fsp3) is 0.500. The van der Waals surface area contributed by atoms with Crippen molar-refractivity contribution in [2.75, 3.05) is 0 Å². The second-order valence-electron chi connectivity index (χ2n) is 5.79. The van der Waals surface area contributed by atoms with Crippen LogP contribution < -0.4 is 0 Å². The molecule has 0 radical (unpaired) electrons. The summed E-state index contributed by atoms with van der Waals surface area (Å²) in [5.41, 5.74) is 2.15. The lowest BCUT2D eigenvalue weighted by Crippen LogP contribution is -2.39. The van der Waals surface area contributed by atoms with Gasteiger partial charge in [-0.1, -0.05) is 42.4 Å². The van der Waals surface area contributed by atoms with Crippen molar-refractivity contribution in [3.63, 3.8) is 0 Å². The Morgan fingerprint density at radius 2 is 1.89 bits per heavy atom. The van der Waals surface area contributed by atoms with Gasteiger partial charge in [-0.15, -0.1) is 0 Å². The number of benzene rings is 1. The van der Waals surface area contributed by atoms with E-state index in [-0.39, 0.29) is 6.29 Å². The molecule has 1 heterocycles. The maximum absolute atomic E-state index is 5.98. The Labute approximate surface area is 110 Å². The molecule has 18 heavy (non-hydrogen) atoms. The minimum atomic E-state index is -1.58. The summed E-state index contributed by atoms with van der Waals surface area (Å²) in [5.74, 6) is 0.337. The van der Waals surface area contributed by atoms with Crippen LogP contribution in [0.4, 0.5) is 0 Å². The second kappa shape index (κ2) is 5.24. The van der Waals surface area contributed by atoms with E-state index in [1.54, 1.807) is 0 Å². The molecule has 1 aromatic rings.